The SMILES string of the molecule is CC(C)(C)OC(=O)NC(Cc1ccnc(C#N)c1)C(=O)OCc1ccccc1. The van der Waals surface area contributed by atoms with Crippen LogP contribution in [-0.2, 0) is 27.3 Å². The molecule has 1 amide bonds. The normalized spacial score (nSPS) is 11.8. The van der Waals surface area contributed by atoms with Crippen molar-refractivity contribution >= 4 is 12.1 Å². The first-order valence-corrected chi connectivity index (χ1v) is 8.82. The molecule has 2 aromatic rings. The van der Waals surface area contributed by atoms with Crippen molar-refractivity contribution in [1.82, 2.24) is 10.3 Å². The summed E-state index contributed by atoms with van der Waals surface area (Å²) in [4.78, 5) is 28.7. The maximum Gasteiger partial charge on any atom is 0.408 e. The number of aromatic nitrogens is 1. The Morgan fingerprint density at radius 3 is 2.54 bits per heavy atom. The van der Waals surface area contributed by atoms with E-state index in [0.29, 0.717) is 5.56 Å². The molecular formula is C21H23N3O4. The van der Waals surface area contributed by atoms with Crippen LogP contribution in [0.3, 0.4) is 0 Å². The van der Waals surface area contributed by atoms with Crippen molar-refractivity contribution < 1.29 is 19.1 Å². The average Bonchev–Trinajstić information content (AvgIpc) is 2.65. The second-order valence-corrected chi connectivity index (χ2v) is 7.16. The Balaban J connectivity index is 2.11. The lowest BCUT2D eigenvalue weighted by Crippen LogP contribution is -2.45. The fourth-order valence-electron chi connectivity index (χ4n) is 2.37. The van der Waals surface area contributed by atoms with Gasteiger partial charge in [-0.05, 0) is 44.0 Å². The van der Waals surface area contributed by atoms with E-state index in [9.17, 15) is 9.59 Å². The van der Waals surface area contributed by atoms with E-state index in [0.717, 1.165) is 5.56 Å². The second kappa shape index (κ2) is 9.51. The Kier molecular flexibility index (Phi) is 7.10. The summed E-state index contributed by atoms with van der Waals surface area (Å²) in [6, 6.07) is 13.5. The van der Waals surface area contributed by atoms with Gasteiger partial charge in [-0.15, -0.1) is 0 Å². The van der Waals surface area contributed by atoms with Crippen LogP contribution < -0.4 is 5.32 Å². The first kappa shape index (κ1) is 20.9. The number of pyridine rings is 1. The summed E-state index contributed by atoms with van der Waals surface area (Å²) in [5.41, 5.74) is 1.03. The lowest BCUT2D eigenvalue weighted by Gasteiger charge is -2.23. The van der Waals surface area contributed by atoms with Crippen molar-refractivity contribution in [2.24, 2.45) is 0 Å². The van der Waals surface area contributed by atoms with Crippen LogP contribution in [0.2, 0.25) is 0 Å². The number of hydrogen-bond acceptors (Lipinski definition) is 6. The van der Waals surface area contributed by atoms with E-state index < -0.39 is 23.7 Å². The summed E-state index contributed by atoms with van der Waals surface area (Å²) < 4.78 is 10.6. The van der Waals surface area contributed by atoms with Crippen molar-refractivity contribution in [3.63, 3.8) is 0 Å². The second-order valence-electron chi connectivity index (χ2n) is 7.16. The van der Waals surface area contributed by atoms with Crippen LogP contribution in [0.25, 0.3) is 0 Å². The monoisotopic (exact) mass is 381 g/mol. The standard InChI is InChI=1S/C21H23N3O4/c1-21(2,3)28-20(26)24-18(12-16-9-10-23-17(11-16)13-22)19(25)27-14-15-7-5-4-6-8-15/h4-11,18H,12,14H2,1-3H3,(H,24,26). The summed E-state index contributed by atoms with van der Waals surface area (Å²) in [6.07, 6.45) is 0.904. The smallest absolute Gasteiger partial charge is 0.408 e. The van der Waals surface area contributed by atoms with Crippen molar-refractivity contribution in [2.45, 2.75) is 45.4 Å². The zero-order valence-electron chi connectivity index (χ0n) is 16.1. The zero-order valence-corrected chi connectivity index (χ0v) is 16.1. The Bertz CT molecular complexity index is 854. The van der Waals surface area contributed by atoms with Gasteiger partial charge in [0.2, 0.25) is 0 Å². The topological polar surface area (TPSA) is 101 Å². The fraction of sp³-hybridized carbons (Fsp3) is 0.333. The highest BCUT2D eigenvalue weighted by atomic mass is 16.6. The maximum atomic E-state index is 12.6. The van der Waals surface area contributed by atoms with Crippen molar-refractivity contribution in [3.05, 3.63) is 65.5 Å². The van der Waals surface area contributed by atoms with Gasteiger partial charge in [-0.3, -0.25) is 0 Å². The number of carbonyl (C=O) groups excluding carboxylic acids is 2. The number of alkyl carbamates (subject to hydrolysis) is 1. The highest BCUT2D eigenvalue weighted by molar-refractivity contribution is 5.81. The minimum absolute atomic E-state index is 0.0892. The van der Waals surface area contributed by atoms with Gasteiger partial charge in [-0.25, -0.2) is 14.6 Å². The fourth-order valence-corrected chi connectivity index (χ4v) is 2.37. The average molecular weight is 381 g/mol. The molecule has 1 N–H and O–H groups in total. The molecule has 1 atom stereocenters. The van der Waals surface area contributed by atoms with Crippen LogP contribution in [0.1, 0.15) is 37.6 Å². The molecule has 0 saturated heterocycles. The molecule has 1 heterocycles. The summed E-state index contributed by atoms with van der Waals surface area (Å²) in [5, 5.41) is 11.6. The van der Waals surface area contributed by atoms with Crippen molar-refractivity contribution in [3.8, 4) is 6.07 Å². The number of carbonyl (C=O) groups is 2. The highest BCUT2D eigenvalue weighted by Gasteiger charge is 2.26. The molecule has 1 unspecified atom stereocenters. The van der Waals surface area contributed by atoms with Gasteiger partial charge in [0.15, 0.2) is 0 Å². The number of benzene rings is 1. The molecule has 2 rings (SSSR count). The first-order chi connectivity index (χ1) is 13.3. The van der Waals surface area contributed by atoms with E-state index >= 15 is 0 Å². The Morgan fingerprint density at radius 1 is 1.18 bits per heavy atom. The molecule has 1 aromatic heterocycles. The molecule has 0 radical (unpaired) electrons. The molecule has 1 aromatic carbocycles. The quantitative estimate of drug-likeness (QED) is 0.772. The molecule has 7 nitrogen and oxygen atoms in total. The van der Waals surface area contributed by atoms with E-state index in [1.54, 1.807) is 32.9 Å². The molecule has 0 bridgehead atoms. The van der Waals surface area contributed by atoms with E-state index in [4.69, 9.17) is 14.7 Å². The Morgan fingerprint density at radius 2 is 1.89 bits per heavy atom. The minimum atomic E-state index is -0.965. The number of nitrogens with one attached hydrogen (secondary N) is 1. The largest absolute Gasteiger partial charge is 0.459 e. The molecule has 0 aliphatic rings. The van der Waals surface area contributed by atoms with Gasteiger partial charge in [0.25, 0.3) is 0 Å². The zero-order chi connectivity index (χ0) is 20.6. The highest BCUT2D eigenvalue weighted by Crippen LogP contribution is 2.11. The summed E-state index contributed by atoms with van der Waals surface area (Å²) in [7, 11) is 0. The van der Waals surface area contributed by atoms with Crippen LogP contribution in [0.5, 0.6) is 0 Å². The Hall–Kier alpha value is -3.40. The molecule has 28 heavy (non-hydrogen) atoms. The van der Waals surface area contributed by atoms with Crippen LogP contribution >= 0.6 is 0 Å². The number of rotatable bonds is 6. The summed E-state index contributed by atoms with van der Waals surface area (Å²) in [6.45, 7) is 5.29. The molecule has 7 heteroatoms. The number of esters is 1. The number of nitriles is 1. The molecule has 0 spiro atoms. The third kappa shape index (κ3) is 7.08. The molecule has 0 aliphatic carbocycles. The van der Waals surface area contributed by atoms with E-state index in [2.05, 4.69) is 10.3 Å². The van der Waals surface area contributed by atoms with E-state index in [1.165, 1.54) is 6.20 Å². The molecule has 0 saturated carbocycles. The summed E-state index contributed by atoms with van der Waals surface area (Å²) >= 11 is 0. The van der Waals surface area contributed by atoms with Crippen LogP contribution in [0.15, 0.2) is 48.7 Å². The van der Waals surface area contributed by atoms with Crippen molar-refractivity contribution in [1.29, 1.82) is 5.26 Å². The third-order valence-electron chi connectivity index (χ3n) is 3.58. The number of nitrogens with zero attached hydrogens (tertiary/aromatic N) is 2. The molecule has 0 aliphatic heterocycles. The predicted molar refractivity (Wildman–Crippen MR) is 102 cm³/mol. The Labute approximate surface area is 164 Å². The minimum Gasteiger partial charge on any atom is -0.459 e. The van der Waals surface area contributed by atoms with Gasteiger partial charge in [0, 0.05) is 12.6 Å². The van der Waals surface area contributed by atoms with Gasteiger partial charge >= 0.3 is 12.1 Å². The third-order valence-corrected chi connectivity index (χ3v) is 3.58. The number of ether oxygens (including phenoxy) is 2. The first-order valence-electron chi connectivity index (χ1n) is 8.82. The van der Waals surface area contributed by atoms with Gasteiger partial charge in [-0.1, -0.05) is 30.3 Å². The van der Waals surface area contributed by atoms with Crippen LogP contribution in [-0.4, -0.2) is 28.7 Å². The summed E-state index contributed by atoms with van der Waals surface area (Å²) in [5.74, 6) is -0.593. The predicted octanol–water partition coefficient (Wildman–Crippen LogP) is 3.13. The van der Waals surface area contributed by atoms with Gasteiger partial charge in [0.05, 0.1) is 0 Å². The molecule has 0 fully saturated rings. The lowest BCUT2D eigenvalue weighted by molar-refractivity contribution is -0.147. The van der Waals surface area contributed by atoms with Gasteiger partial charge in [-0.2, -0.15) is 5.26 Å². The number of hydrogen-bond donors (Lipinski definition) is 1. The molecule has 146 valence electrons. The maximum absolute atomic E-state index is 12.6. The molecular weight excluding hydrogens is 358 g/mol. The van der Waals surface area contributed by atoms with Crippen molar-refractivity contribution in [2.75, 3.05) is 0 Å². The van der Waals surface area contributed by atoms with Gasteiger partial charge < -0.3 is 14.8 Å². The lowest BCUT2D eigenvalue weighted by atomic mass is 10.1. The van der Waals surface area contributed by atoms with Crippen LogP contribution in [0, 0.1) is 11.3 Å². The van der Waals surface area contributed by atoms with E-state index in [1.807, 2.05) is 36.4 Å². The number of amides is 1. The van der Waals surface area contributed by atoms with Crippen LogP contribution in [0.4, 0.5) is 4.79 Å². The van der Waals surface area contributed by atoms with E-state index in [-0.39, 0.29) is 18.7 Å². The van der Waals surface area contributed by atoms with Gasteiger partial charge in [0.1, 0.15) is 30.0 Å².